The average molecular weight is 216 g/mol. The van der Waals surface area contributed by atoms with Gasteiger partial charge in [0.2, 0.25) is 0 Å². The first-order chi connectivity index (χ1) is 6.61. The van der Waals surface area contributed by atoms with Gasteiger partial charge in [0.05, 0.1) is 10.9 Å². The van der Waals surface area contributed by atoms with Gasteiger partial charge in [-0.3, -0.25) is 4.79 Å². The van der Waals surface area contributed by atoms with Gasteiger partial charge in [0.1, 0.15) is 5.78 Å². The number of unbranched alkanes of at least 4 members (excludes halogenated alkanes) is 2. The topological polar surface area (TPSA) is 37.3 Å². The molecule has 1 aliphatic rings. The van der Waals surface area contributed by atoms with E-state index in [9.17, 15) is 9.90 Å². The van der Waals surface area contributed by atoms with Crippen LogP contribution in [0.15, 0.2) is 0 Å². The maximum absolute atomic E-state index is 11.5. The van der Waals surface area contributed by atoms with Gasteiger partial charge in [-0.15, -0.1) is 0 Å². The van der Waals surface area contributed by atoms with E-state index >= 15 is 0 Å². The fourth-order valence-corrected chi connectivity index (χ4v) is 2.90. The maximum Gasteiger partial charge on any atom is 0.148 e. The molecule has 2 atom stereocenters. The van der Waals surface area contributed by atoms with Gasteiger partial charge >= 0.3 is 0 Å². The molecule has 0 aromatic heterocycles. The largest absolute Gasteiger partial charge is 0.389 e. The molecule has 0 amide bonds. The van der Waals surface area contributed by atoms with Crippen molar-refractivity contribution in [3.05, 3.63) is 0 Å². The van der Waals surface area contributed by atoms with Crippen LogP contribution in [-0.2, 0) is 4.79 Å². The molecule has 2 nitrogen and oxygen atoms in total. The average Bonchev–Trinajstić information content (AvgIpc) is 2.42. The highest BCUT2D eigenvalue weighted by Crippen LogP contribution is 2.36. The van der Waals surface area contributed by atoms with Gasteiger partial charge in [0, 0.05) is 6.42 Å². The standard InChI is InChI=1S/C11H20O2S/c1-3-4-5-6-11(13)7-9(12)10(8-11)14-2/h10,13H,3-8H2,1-2H3/t10?,11-/m0/s1. The molecule has 1 fully saturated rings. The van der Waals surface area contributed by atoms with Crippen molar-refractivity contribution in [3.8, 4) is 0 Å². The third kappa shape index (κ3) is 2.99. The van der Waals surface area contributed by atoms with Crippen molar-refractivity contribution in [3.63, 3.8) is 0 Å². The smallest absolute Gasteiger partial charge is 0.148 e. The minimum absolute atomic E-state index is 0.0432. The number of carbonyl (C=O) groups is 1. The first kappa shape index (κ1) is 12.1. The number of Topliss-reactive ketones (excluding diaryl/α,β-unsaturated/α-hetero) is 1. The Kier molecular flexibility index (Phi) is 4.45. The van der Waals surface area contributed by atoms with Gasteiger partial charge in [-0.1, -0.05) is 26.2 Å². The number of rotatable bonds is 5. The minimum Gasteiger partial charge on any atom is -0.389 e. The molecule has 0 aromatic rings. The predicted octanol–water partition coefficient (Wildman–Crippen LogP) is 2.39. The Bertz CT molecular complexity index is 205. The summed E-state index contributed by atoms with van der Waals surface area (Å²) in [5.41, 5.74) is -0.681. The Morgan fingerprint density at radius 2 is 2.29 bits per heavy atom. The first-order valence-electron chi connectivity index (χ1n) is 5.39. The Labute approximate surface area is 90.5 Å². The lowest BCUT2D eigenvalue weighted by Gasteiger charge is -2.21. The molecule has 0 heterocycles. The summed E-state index contributed by atoms with van der Waals surface area (Å²) in [5.74, 6) is 0.233. The molecule has 1 aliphatic carbocycles. The van der Waals surface area contributed by atoms with Crippen molar-refractivity contribution in [1.29, 1.82) is 0 Å². The summed E-state index contributed by atoms with van der Waals surface area (Å²) in [6.07, 6.45) is 7.14. The lowest BCUT2D eigenvalue weighted by atomic mass is 9.95. The predicted molar refractivity (Wildman–Crippen MR) is 60.6 cm³/mol. The fraction of sp³-hybridized carbons (Fsp3) is 0.909. The molecule has 3 heteroatoms. The van der Waals surface area contributed by atoms with Crippen molar-refractivity contribution < 1.29 is 9.90 Å². The molecule has 1 unspecified atom stereocenters. The first-order valence-corrected chi connectivity index (χ1v) is 6.68. The molecule has 14 heavy (non-hydrogen) atoms. The molecule has 1 saturated carbocycles. The normalized spacial score (nSPS) is 32.5. The zero-order valence-corrected chi connectivity index (χ0v) is 9.90. The zero-order valence-electron chi connectivity index (χ0n) is 9.08. The summed E-state index contributed by atoms with van der Waals surface area (Å²) in [6, 6.07) is 0. The molecule has 82 valence electrons. The summed E-state index contributed by atoms with van der Waals surface area (Å²) in [5, 5.41) is 10.2. The van der Waals surface area contributed by atoms with E-state index in [1.807, 2.05) is 6.26 Å². The molecule has 0 radical (unpaired) electrons. The van der Waals surface area contributed by atoms with E-state index in [2.05, 4.69) is 6.92 Å². The third-order valence-electron chi connectivity index (χ3n) is 2.96. The van der Waals surface area contributed by atoms with Crippen LogP contribution in [0.2, 0.25) is 0 Å². The molecule has 0 spiro atoms. The van der Waals surface area contributed by atoms with Gasteiger partial charge < -0.3 is 5.11 Å². The molecule has 0 aromatic carbocycles. The molecule has 0 bridgehead atoms. The Morgan fingerprint density at radius 3 is 2.79 bits per heavy atom. The quantitative estimate of drug-likeness (QED) is 0.717. The summed E-state index contributed by atoms with van der Waals surface area (Å²) < 4.78 is 0. The Hall–Kier alpha value is -0.0200. The summed E-state index contributed by atoms with van der Waals surface area (Å²) in [7, 11) is 0. The van der Waals surface area contributed by atoms with Crippen LogP contribution >= 0.6 is 11.8 Å². The van der Waals surface area contributed by atoms with E-state index in [-0.39, 0.29) is 11.0 Å². The van der Waals surface area contributed by atoms with Crippen molar-refractivity contribution >= 4 is 17.5 Å². The molecule has 0 aliphatic heterocycles. The van der Waals surface area contributed by atoms with E-state index < -0.39 is 5.60 Å². The van der Waals surface area contributed by atoms with E-state index in [4.69, 9.17) is 0 Å². The number of thioether (sulfide) groups is 1. The van der Waals surface area contributed by atoms with Crippen molar-refractivity contribution in [1.82, 2.24) is 0 Å². The van der Waals surface area contributed by atoms with Crippen molar-refractivity contribution in [2.75, 3.05) is 6.26 Å². The van der Waals surface area contributed by atoms with Crippen LogP contribution in [0, 0.1) is 0 Å². The van der Waals surface area contributed by atoms with Crippen LogP contribution < -0.4 is 0 Å². The molecule has 0 saturated heterocycles. The molecule has 1 rings (SSSR count). The van der Waals surface area contributed by atoms with E-state index in [0.717, 1.165) is 25.7 Å². The number of hydrogen-bond donors (Lipinski definition) is 1. The summed E-state index contributed by atoms with van der Waals surface area (Å²) in [6.45, 7) is 2.15. The number of carbonyl (C=O) groups excluding carboxylic acids is 1. The van der Waals surface area contributed by atoms with Gasteiger partial charge in [0.15, 0.2) is 0 Å². The van der Waals surface area contributed by atoms with Crippen LogP contribution in [0.5, 0.6) is 0 Å². The number of aliphatic hydroxyl groups is 1. The highest BCUT2D eigenvalue weighted by atomic mass is 32.2. The highest BCUT2D eigenvalue weighted by Gasteiger charge is 2.42. The molecular formula is C11H20O2S. The monoisotopic (exact) mass is 216 g/mol. The number of hydrogen-bond acceptors (Lipinski definition) is 3. The van der Waals surface area contributed by atoms with Crippen LogP contribution in [0.3, 0.4) is 0 Å². The van der Waals surface area contributed by atoms with Crippen LogP contribution in [0.25, 0.3) is 0 Å². The second-order valence-corrected chi connectivity index (χ2v) is 5.29. The second kappa shape index (κ2) is 5.17. The number of ketones is 1. The zero-order chi connectivity index (χ0) is 10.6. The second-order valence-electron chi connectivity index (χ2n) is 4.25. The SMILES string of the molecule is CCCCC[C@]1(O)CC(=O)C(SC)C1. The van der Waals surface area contributed by atoms with Crippen LogP contribution in [0.4, 0.5) is 0 Å². The van der Waals surface area contributed by atoms with Gasteiger partial charge in [-0.25, -0.2) is 0 Å². The Balaban J connectivity index is 2.40. The van der Waals surface area contributed by atoms with E-state index in [1.165, 1.54) is 0 Å². The lowest BCUT2D eigenvalue weighted by Crippen LogP contribution is -2.25. The molecular weight excluding hydrogens is 196 g/mol. The van der Waals surface area contributed by atoms with Crippen LogP contribution in [0.1, 0.15) is 45.4 Å². The molecule has 1 N–H and O–H groups in total. The van der Waals surface area contributed by atoms with Gasteiger partial charge in [-0.05, 0) is 19.1 Å². The van der Waals surface area contributed by atoms with Crippen molar-refractivity contribution in [2.45, 2.75) is 56.3 Å². The Morgan fingerprint density at radius 1 is 1.57 bits per heavy atom. The third-order valence-corrected chi connectivity index (χ3v) is 3.96. The van der Waals surface area contributed by atoms with Crippen molar-refractivity contribution in [2.24, 2.45) is 0 Å². The summed E-state index contributed by atoms with van der Waals surface area (Å²) in [4.78, 5) is 11.5. The van der Waals surface area contributed by atoms with Gasteiger partial charge in [0.25, 0.3) is 0 Å². The van der Waals surface area contributed by atoms with Crippen LogP contribution in [-0.4, -0.2) is 28.0 Å². The lowest BCUT2D eigenvalue weighted by molar-refractivity contribution is -0.118. The van der Waals surface area contributed by atoms with Gasteiger partial charge in [-0.2, -0.15) is 11.8 Å². The van der Waals surface area contributed by atoms with E-state index in [1.54, 1.807) is 11.8 Å². The fourth-order valence-electron chi connectivity index (χ4n) is 2.08. The maximum atomic E-state index is 11.5. The minimum atomic E-state index is -0.681. The van der Waals surface area contributed by atoms with E-state index in [0.29, 0.717) is 12.8 Å². The summed E-state index contributed by atoms with van der Waals surface area (Å²) >= 11 is 1.57. The highest BCUT2D eigenvalue weighted by molar-refractivity contribution is 7.99.